The van der Waals surface area contributed by atoms with E-state index in [1.54, 1.807) is 55.5 Å². The Kier molecular flexibility index (Phi) is 27.4. The molecule has 3 aromatic heterocycles. The Morgan fingerprint density at radius 3 is 0.989 bits per heavy atom. The van der Waals surface area contributed by atoms with Crippen LogP contribution in [0.1, 0.15) is 80.6 Å². The smallest absolute Gasteiger partial charge is 0.280 e. The summed E-state index contributed by atoms with van der Waals surface area (Å²) in [5, 5.41) is 14.4. The minimum atomic E-state index is -3.96. The lowest BCUT2D eigenvalue weighted by molar-refractivity contribution is -0.121. The van der Waals surface area contributed by atoms with Gasteiger partial charge in [0.15, 0.2) is 0 Å². The van der Waals surface area contributed by atoms with Gasteiger partial charge in [-0.15, -0.1) is 34.0 Å². The van der Waals surface area contributed by atoms with Gasteiger partial charge in [0.25, 0.3) is 30.6 Å². The number of amides is 3. The van der Waals surface area contributed by atoms with E-state index in [-0.39, 0.29) is 98.3 Å². The third-order valence-electron chi connectivity index (χ3n) is 12.9. The lowest BCUT2D eigenvalue weighted by Crippen LogP contribution is -2.58. The first-order valence-electron chi connectivity index (χ1n) is 26.5. The van der Waals surface area contributed by atoms with E-state index in [9.17, 15) is 52.8 Å². The first kappa shape index (κ1) is 72.2. The number of anilines is 3. The number of ether oxygens (including phenoxy) is 3. The first-order chi connectivity index (χ1) is 41.4. The molecule has 2 unspecified atom stereocenters. The average molecular weight is 1400 g/mol. The first-order valence-corrected chi connectivity index (χ1v) is 34.6. The van der Waals surface area contributed by atoms with Gasteiger partial charge in [-0.2, -0.15) is 52.3 Å². The number of aromatic nitrogens is 3. The molecule has 482 valence electrons. The fourth-order valence-corrected chi connectivity index (χ4v) is 16.4. The molecule has 0 bridgehead atoms. The number of benzene rings is 3. The summed E-state index contributed by atoms with van der Waals surface area (Å²) in [5.74, 6) is -3.48. The summed E-state index contributed by atoms with van der Waals surface area (Å²) in [6.45, 7) is 7.12. The van der Waals surface area contributed by atoms with Gasteiger partial charge in [-0.1, -0.05) is 42.2 Å². The number of nitrogens with one attached hydrogen (secondary N) is 6. The summed E-state index contributed by atoms with van der Waals surface area (Å²) >= 11 is 21.2. The number of carbonyl (C=O) groups is 3. The number of carbonyl (C=O) groups excluding carboxylic acids is 3. The molecule has 0 saturated carbocycles. The second-order valence-corrected chi connectivity index (χ2v) is 27.6. The number of rotatable bonds is 21. The zero-order valence-electron chi connectivity index (χ0n) is 46.4. The zero-order valence-corrected chi connectivity index (χ0v) is 53.6. The zero-order chi connectivity index (χ0) is 63.1. The molecule has 6 aromatic rings. The Balaban J connectivity index is 0.000000209. The second kappa shape index (κ2) is 33.4. The molecule has 3 saturated heterocycles. The van der Waals surface area contributed by atoms with Crippen LogP contribution in [0.5, 0.6) is 0 Å². The second-order valence-electron chi connectivity index (χ2n) is 18.7. The van der Waals surface area contributed by atoms with E-state index in [0.717, 1.165) is 31.1 Å². The summed E-state index contributed by atoms with van der Waals surface area (Å²) in [6, 6.07) is 6.38. The fourth-order valence-electron chi connectivity index (χ4n) is 8.92. The Bertz CT molecular complexity index is 3250. The number of hydrogen-bond acceptors (Lipinski definition) is 18. The lowest BCUT2D eigenvalue weighted by atomic mass is 10.1. The predicted molar refractivity (Wildman–Crippen MR) is 332 cm³/mol. The van der Waals surface area contributed by atoms with Crippen molar-refractivity contribution in [2.24, 2.45) is 0 Å². The minimum absolute atomic E-state index is 0. The van der Waals surface area contributed by atoms with Gasteiger partial charge in [-0.3, -0.25) is 14.4 Å². The van der Waals surface area contributed by atoms with E-state index in [0.29, 0.717) is 34.8 Å². The van der Waals surface area contributed by atoms with Gasteiger partial charge in [0.05, 0.1) is 53.0 Å². The highest BCUT2D eigenvalue weighted by molar-refractivity contribution is 7.87. The van der Waals surface area contributed by atoms with Crippen LogP contribution in [-0.4, -0.2) is 148 Å². The van der Waals surface area contributed by atoms with Gasteiger partial charge in [0.1, 0.15) is 50.6 Å². The van der Waals surface area contributed by atoms with Crippen LogP contribution in [-0.2, 0) is 59.2 Å². The van der Waals surface area contributed by atoms with E-state index in [1.807, 2.05) is 0 Å². The van der Waals surface area contributed by atoms with Crippen molar-refractivity contribution in [3.63, 3.8) is 0 Å². The van der Waals surface area contributed by atoms with Crippen LogP contribution in [0.2, 0.25) is 15.1 Å². The molecule has 3 aromatic carbocycles. The number of nitrogens with zero attached hydrogens (tertiary/aromatic N) is 6. The Labute approximate surface area is 535 Å². The monoisotopic (exact) mass is 1400 g/mol. The molecule has 0 radical (unpaired) electrons. The van der Waals surface area contributed by atoms with E-state index in [4.69, 9.17) is 49.0 Å². The lowest BCUT2D eigenvalue weighted by Gasteiger charge is -2.37. The van der Waals surface area contributed by atoms with Crippen molar-refractivity contribution in [1.82, 2.24) is 42.0 Å². The molecule has 36 heteroatoms. The number of halogens is 6. The molecule has 3 fully saturated rings. The van der Waals surface area contributed by atoms with Crippen LogP contribution in [0.25, 0.3) is 0 Å². The van der Waals surface area contributed by atoms with Crippen LogP contribution in [0.3, 0.4) is 0 Å². The maximum absolute atomic E-state index is 13.4. The summed E-state index contributed by atoms with van der Waals surface area (Å²) in [5.41, 5.74) is 0.814. The largest absolute Gasteiger partial charge is 0.380 e. The van der Waals surface area contributed by atoms with Crippen LogP contribution in [0.4, 0.5) is 30.2 Å². The third kappa shape index (κ3) is 19.6. The van der Waals surface area contributed by atoms with Gasteiger partial charge in [0.2, 0.25) is 17.7 Å². The Hall–Kier alpha value is -4.89. The highest BCUT2D eigenvalue weighted by Crippen LogP contribution is 2.34. The van der Waals surface area contributed by atoms with Gasteiger partial charge in [0, 0.05) is 91.2 Å². The van der Waals surface area contributed by atoms with Crippen molar-refractivity contribution in [2.75, 3.05) is 75.2 Å². The SMILES string of the molecule is C.CCOCCN1C(C(=O)Nc2ccc(F)c(Cl)c2)CC(c2nccs2)NS1(=O)=O.CCOCCN1[C@@H](C(=O)Nc2ccc(F)c(Cl)c2)C[C@@H](c2nccs2)NS1(=O)=O.CCOCCN1[C@H](C(=O)Nc2ccc(F)c(Cl)c2)C[C@H](c2nccs2)NS1(=O)=O. The molecule has 24 nitrogen and oxygen atoms in total. The van der Waals surface area contributed by atoms with E-state index in [1.165, 1.54) is 70.4 Å². The number of thiazole rings is 3. The molecule has 3 aliphatic heterocycles. The van der Waals surface area contributed by atoms with Gasteiger partial charge in [-0.05, 0) is 94.6 Å². The molecule has 3 amide bonds. The molecule has 6 atom stereocenters. The Morgan fingerprint density at radius 2 is 0.773 bits per heavy atom. The maximum Gasteiger partial charge on any atom is 0.280 e. The molecule has 9 rings (SSSR count). The van der Waals surface area contributed by atoms with Gasteiger partial charge < -0.3 is 30.2 Å². The fraction of sp³-hybridized carbons (Fsp3) is 0.423. The van der Waals surface area contributed by atoms with E-state index in [2.05, 4.69) is 45.1 Å². The Morgan fingerprint density at radius 1 is 0.511 bits per heavy atom. The maximum atomic E-state index is 13.4. The standard InChI is InChI=1S/3C17H20ClFN4O4S2.CH4/c3*1-2-27-7-6-23-15(16(24)21-11-3-4-13(19)12(18)9-11)10-14(22-29(23,25)26)17-20-5-8-28-17;/h3*3-5,8-9,14-15,22H,2,6-7,10H2,1H3,(H,21,24);1H4/t2*14-,15+;;/m10../s1. The van der Waals surface area contributed by atoms with Crippen molar-refractivity contribution < 1.29 is 67.0 Å². The van der Waals surface area contributed by atoms with Crippen molar-refractivity contribution in [3.05, 3.63) is 137 Å². The van der Waals surface area contributed by atoms with Crippen molar-refractivity contribution >= 4 is 134 Å². The average Bonchev–Trinajstić information content (AvgIpc) is 1.66. The molecule has 6 heterocycles. The molecular formula is C52H64Cl3F3N12O12S6. The summed E-state index contributed by atoms with van der Waals surface area (Å²) in [6.07, 6.45) is 5.26. The van der Waals surface area contributed by atoms with Crippen LogP contribution in [0, 0.1) is 17.5 Å². The quantitative estimate of drug-likeness (QED) is 0.0369. The summed E-state index contributed by atoms with van der Waals surface area (Å²) in [4.78, 5) is 51.4. The highest BCUT2D eigenvalue weighted by atomic mass is 35.5. The van der Waals surface area contributed by atoms with Gasteiger partial charge >= 0.3 is 0 Å². The van der Waals surface area contributed by atoms with Gasteiger partial charge in [-0.25, -0.2) is 28.1 Å². The topological polar surface area (TPSA) is 302 Å². The predicted octanol–water partition coefficient (Wildman–Crippen LogP) is 8.32. The molecule has 0 aliphatic carbocycles. The molecule has 88 heavy (non-hydrogen) atoms. The van der Waals surface area contributed by atoms with Crippen LogP contribution in [0.15, 0.2) is 89.3 Å². The summed E-state index contributed by atoms with van der Waals surface area (Å²) in [7, 11) is -11.9. The minimum Gasteiger partial charge on any atom is -0.380 e. The normalized spacial score (nSPS) is 21.5. The van der Waals surface area contributed by atoms with E-state index < -0.39 is 102 Å². The van der Waals surface area contributed by atoms with E-state index >= 15 is 0 Å². The third-order valence-corrected chi connectivity index (χ3v) is 21.4. The molecule has 6 N–H and O–H groups in total. The summed E-state index contributed by atoms with van der Waals surface area (Å²) < 4.78 is 144. The van der Waals surface area contributed by atoms with Crippen LogP contribution >= 0.6 is 68.8 Å². The number of hydrogen-bond donors (Lipinski definition) is 6. The highest BCUT2D eigenvalue weighted by Gasteiger charge is 2.46. The van der Waals surface area contributed by atoms with Crippen LogP contribution < -0.4 is 30.1 Å². The molecular weight excluding hydrogens is 1340 g/mol. The van der Waals surface area contributed by atoms with Crippen molar-refractivity contribution in [3.8, 4) is 0 Å². The van der Waals surface area contributed by atoms with Crippen molar-refractivity contribution in [1.29, 1.82) is 0 Å². The molecule has 3 aliphatic rings. The van der Waals surface area contributed by atoms with Crippen molar-refractivity contribution in [2.45, 2.75) is 83.7 Å². The molecule has 0 spiro atoms.